The highest BCUT2D eigenvalue weighted by Gasteiger charge is 2.14. The first-order chi connectivity index (χ1) is 7.95. The number of hydrogen-bond donors (Lipinski definition) is 1. The van der Waals surface area contributed by atoms with Gasteiger partial charge in [-0.05, 0) is 50.3 Å². The number of hydrogen-bond acceptors (Lipinski definition) is 1. The molecular formula is C16H27N. The van der Waals surface area contributed by atoms with Gasteiger partial charge in [0.15, 0.2) is 0 Å². The van der Waals surface area contributed by atoms with Gasteiger partial charge in [0.05, 0.1) is 0 Å². The number of rotatable bonds is 5. The van der Waals surface area contributed by atoms with Crippen molar-refractivity contribution in [2.75, 3.05) is 0 Å². The normalized spacial score (nSPS) is 16.6. The summed E-state index contributed by atoms with van der Waals surface area (Å²) in [6.07, 6.45) is 1.23. The predicted molar refractivity (Wildman–Crippen MR) is 76.4 cm³/mol. The van der Waals surface area contributed by atoms with Gasteiger partial charge in [-0.1, -0.05) is 38.5 Å². The molecule has 96 valence electrons. The van der Waals surface area contributed by atoms with E-state index in [1.807, 2.05) is 0 Å². The number of aryl methyl sites for hydroxylation is 2. The SMILES string of the molecule is CCC(C)C(C)NC(C)c1ccc(C)c(C)c1. The highest BCUT2D eigenvalue weighted by molar-refractivity contribution is 5.31. The zero-order chi connectivity index (χ0) is 13.0. The molecule has 0 saturated heterocycles. The minimum absolute atomic E-state index is 0.429. The molecule has 1 N–H and O–H groups in total. The van der Waals surface area contributed by atoms with Crippen LogP contribution in [0.2, 0.25) is 0 Å². The quantitative estimate of drug-likeness (QED) is 0.795. The van der Waals surface area contributed by atoms with Crippen LogP contribution in [0.4, 0.5) is 0 Å². The van der Waals surface area contributed by atoms with Crippen LogP contribution < -0.4 is 5.32 Å². The molecule has 0 aliphatic rings. The molecule has 0 bridgehead atoms. The van der Waals surface area contributed by atoms with Crippen LogP contribution in [0.15, 0.2) is 18.2 Å². The van der Waals surface area contributed by atoms with E-state index < -0.39 is 0 Å². The fourth-order valence-electron chi connectivity index (χ4n) is 2.04. The molecule has 0 aliphatic carbocycles. The van der Waals surface area contributed by atoms with Gasteiger partial charge < -0.3 is 5.32 Å². The molecule has 0 amide bonds. The van der Waals surface area contributed by atoms with Gasteiger partial charge in [0.2, 0.25) is 0 Å². The monoisotopic (exact) mass is 233 g/mol. The smallest absolute Gasteiger partial charge is 0.0294 e. The Kier molecular flexibility index (Phi) is 5.20. The average molecular weight is 233 g/mol. The van der Waals surface area contributed by atoms with Gasteiger partial charge in [0, 0.05) is 12.1 Å². The zero-order valence-corrected chi connectivity index (χ0v) is 12.2. The van der Waals surface area contributed by atoms with Crippen LogP contribution in [-0.4, -0.2) is 6.04 Å². The second-order valence-corrected chi connectivity index (χ2v) is 5.41. The summed E-state index contributed by atoms with van der Waals surface area (Å²) >= 11 is 0. The van der Waals surface area contributed by atoms with E-state index in [0.29, 0.717) is 12.1 Å². The van der Waals surface area contributed by atoms with E-state index in [-0.39, 0.29) is 0 Å². The van der Waals surface area contributed by atoms with Crippen LogP contribution in [0.5, 0.6) is 0 Å². The Hall–Kier alpha value is -0.820. The van der Waals surface area contributed by atoms with Crippen LogP contribution in [-0.2, 0) is 0 Å². The van der Waals surface area contributed by atoms with Crippen molar-refractivity contribution in [3.8, 4) is 0 Å². The molecular weight excluding hydrogens is 206 g/mol. The maximum Gasteiger partial charge on any atom is 0.0294 e. The molecule has 1 aromatic carbocycles. The van der Waals surface area contributed by atoms with Crippen molar-refractivity contribution < 1.29 is 0 Å². The second kappa shape index (κ2) is 6.20. The van der Waals surface area contributed by atoms with E-state index in [1.54, 1.807) is 0 Å². The van der Waals surface area contributed by atoms with E-state index in [2.05, 4.69) is 65.1 Å². The van der Waals surface area contributed by atoms with Gasteiger partial charge in [0.25, 0.3) is 0 Å². The summed E-state index contributed by atoms with van der Waals surface area (Å²) in [5.41, 5.74) is 4.14. The van der Waals surface area contributed by atoms with Crippen molar-refractivity contribution in [3.05, 3.63) is 34.9 Å². The minimum atomic E-state index is 0.429. The number of nitrogens with one attached hydrogen (secondary N) is 1. The van der Waals surface area contributed by atoms with Gasteiger partial charge in [-0.25, -0.2) is 0 Å². The molecule has 1 nitrogen and oxygen atoms in total. The molecule has 3 atom stereocenters. The van der Waals surface area contributed by atoms with Gasteiger partial charge in [-0.2, -0.15) is 0 Å². The lowest BCUT2D eigenvalue weighted by atomic mass is 9.97. The Morgan fingerprint density at radius 2 is 1.71 bits per heavy atom. The topological polar surface area (TPSA) is 12.0 Å². The summed E-state index contributed by atoms with van der Waals surface area (Å²) in [5.74, 6) is 0.726. The Morgan fingerprint density at radius 1 is 1.06 bits per heavy atom. The molecule has 1 heteroatoms. The van der Waals surface area contributed by atoms with Gasteiger partial charge >= 0.3 is 0 Å². The first kappa shape index (κ1) is 14.2. The summed E-state index contributed by atoms with van der Waals surface area (Å²) in [6, 6.07) is 7.76. The van der Waals surface area contributed by atoms with Crippen LogP contribution in [0.25, 0.3) is 0 Å². The molecule has 17 heavy (non-hydrogen) atoms. The summed E-state index contributed by atoms with van der Waals surface area (Å²) in [6.45, 7) is 13.5. The zero-order valence-electron chi connectivity index (χ0n) is 12.2. The molecule has 3 unspecified atom stereocenters. The van der Waals surface area contributed by atoms with Crippen molar-refractivity contribution in [2.45, 2.75) is 60.0 Å². The van der Waals surface area contributed by atoms with Crippen molar-refractivity contribution in [1.29, 1.82) is 0 Å². The molecule has 0 radical (unpaired) electrons. The third-order valence-electron chi connectivity index (χ3n) is 4.04. The predicted octanol–water partition coefficient (Wildman–Crippen LogP) is 4.39. The van der Waals surface area contributed by atoms with Gasteiger partial charge in [-0.3, -0.25) is 0 Å². The molecule has 1 rings (SSSR count). The van der Waals surface area contributed by atoms with Crippen LogP contribution >= 0.6 is 0 Å². The second-order valence-electron chi connectivity index (χ2n) is 5.41. The lowest BCUT2D eigenvalue weighted by Gasteiger charge is -2.25. The molecule has 0 heterocycles. The van der Waals surface area contributed by atoms with E-state index in [1.165, 1.54) is 23.1 Å². The fourth-order valence-corrected chi connectivity index (χ4v) is 2.04. The Morgan fingerprint density at radius 3 is 2.24 bits per heavy atom. The molecule has 0 spiro atoms. The molecule has 0 aliphatic heterocycles. The van der Waals surface area contributed by atoms with Crippen LogP contribution in [0.3, 0.4) is 0 Å². The molecule has 0 fully saturated rings. The largest absolute Gasteiger partial charge is 0.307 e. The molecule has 1 aromatic rings. The first-order valence-electron chi connectivity index (χ1n) is 6.78. The van der Waals surface area contributed by atoms with Crippen molar-refractivity contribution in [2.24, 2.45) is 5.92 Å². The van der Waals surface area contributed by atoms with Gasteiger partial charge in [-0.15, -0.1) is 0 Å². The standard InChI is InChI=1S/C16H27N/c1-7-11(2)14(5)17-15(6)16-9-8-12(3)13(4)10-16/h8-11,14-15,17H,7H2,1-6H3. The van der Waals surface area contributed by atoms with Crippen molar-refractivity contribution in [3.63, 3.8) is 0 Å². The Bertz CT molecular complexity index is 357. The Balaban J connectivity index is 2.69. The third kappa shape index (κ3) is 3.85. The van der Waals surface area contributed by atoms with Crippen molar-refractivity contribution >= 4 is 0 Å². The summed E-state index contributed by atoms with van der Waals surface area (Å²) in [7, 11) is 0. The maximum absolute atomic E-state index is 3.69. The third-order valence-corrected chi connectivity index (χ3v) is 4.04. The average Bonchev–Trinajstić information content (AvgIpc) is 2.31. The minimum Gasteiger partial charge on any atom is -0.307 e. The lowest BCUT2D eigenvalue weighted by Crippen LogP contribution is -2.33. The van der Waals surface area contributed by atoms with E-state index in [0.717, 1.165) is 5.92 Å². The van der Waals surface area contributed by atoms with E-state index >= 15 is 0 Å². The summed E-state index contributed by atoms with van der Waals surface area (Å²) in [5, 5.41) is 3.69. The van der Waals surface area contributed by atoms with Gasteiger partial charge in [0.1, 0.15) is 0 Å². The lowest BCUT2D eigenvalue weighted by molar-refractivity contribution is 0.360. The summed E-state index contributed by atoms with van der Waals surface area (Å²) in [4.78, 5) is 0. The Labute approximate surface area is 107 Å². The van der Waals surface area contributed by atoms with Crippen LogP contribution in [0, 0.1) is 19.8 Å². The maximum atomic E-state index is 3.69. The first-order valence-corrected chi connectivity index (χ1v) is 6.78. The highest BCUT2D eigenvalue weighted by Crippen LogP contribution is 2.19. The van der Waals surface area contributed by atoms with E-state index in [9.17, 15) is 0 Å². The summed E-state index contributed by atoms with van der Waals surface area (Å²) < 4.78 is 0. The van der Waals surface area contributed by atoms with E-state index in [4.69, 9.17) is 0 Å². The molecule has 0 saturated carbocycles. The van der Waals surface area contributed by atoms with Crippen LogP contribution in [0.1, 0.15) is 56.8 Å². The number of benzene rings is 1. The van der Waals surface area contributed by atoms with Crippen molar-refractivity contribution in [1.82, 2.24) is 5.32 Å². The fraction of sp³-hybridized carbons (Fsp3) is 0.625. The highest BCUT2D eigenvalue weighted by atomic mass is 14.9. The molecule has 0 aromatic heterocycles.